The molecule has 0 aromatic heterocycles. The van der Waals surface area contributed by atoms with Crippen molar-refractivity contribution in [2.45, 2.75) is 225 Å². The molecule has 1 amide bonds. The fraction of sp³-hybridized carbons (Fsp3) is 0.891. The van der Waals surface area contributed by atoms with E-state index in [4.69, 9.17) is 9.05 Å². The van der Waals surface area contributed by atoms with Gasteiger partial charge in [-0.1, -0.05) is 192 Å². The molecule has 8 nitrogen and oxygen atoms in total. The number of carbonyl (C=O) groups is 1. The van der Waals surface area contributed by atoms with E-state index >= 15 is 0 Å². The molecule has 0 aromatic rings. The smallest absolute Gasteiger partial charge is 0.268 e. The fourth-order valence-corrected chi connectivity index (χ4v) is 7.39. The van der Waals surface area contributed by atoms with Crippen LogP contribution in [0.25, 0.3) is 0 Å². The van der Waals surface area contributed by atoms with Crippen molar-refractivity contribution in [1.29, 1.82) is 0 Å². The highest BCUT2D eigenvalue weighted by Crippen LogP contribution is 2.38. The minimum atomic E-state index is -4.58. The molecule has 9 heteroatoms. The normalized spacial score (nSPS) is 14.5. The van der Waals surface area contributed by atoms with Crippen LogP contribution in [0.15, 0.2) is 24.3 Å². The molecule has 0 heterocycles. The zero-order chi connectivity index (χ0) is 40.7. The van der Waals surface area contributed by atoms with E-state index in [1.807, 2.05) is 27.2 Å². The number of phosphoric acid groups is 1. The number of amides is 1. The Morgan fingerprint density at radius 2 is 1.02 bits per heavy atom. The van der Waals surface area contributed by atoms with Crippen LogP contribution in [0.5, 0.6) is 0 Å². The van der Waals surface area contributed by atoms with Crippen LogP contribution in [0.2, 0.25) is 0 Å². The quantitative estimate of drug-likeness (QED) is 0.0276. The van der Waals surface area contributed by atoms with Crippen LogP contribution in [0.3, 0.4) is 0 Å². The average molecular weight is 799 g/mol. The minimum Gasteiger partial charge on any atom is -0.756 e. The average Bonchev–Trinajstić information content (AvgIpc) is 3.13. The van der Waals surface area contributed by atoms with Crippen LogP contribution >= 0.6 is 7.82 Å². The third kappa shape index (κ3) is 41.0. The van der Waals surface area contributed by atoms with Crippen molar-refractivity contribution in [2.24, 2.45) is 0 Å². The molecule has 0 bridgehead atoms. The predicted molar refractivity (Wildman–Crippen MR) is 233 cm³/mol. The zero-order valence-corrected chi connectivity index (χ0v) is 37.8. The number of hydrogen-bond acceptors (Lipinski definition) is 6. The van der Waals surface area contributed by atoms with Gasteiger partial charge in [-0.25, -0.2) is 0 Å². The number of phosphoric ester groups is 1. The number of hydrogen-bond donors (Lipinski definition) is 2. The molecule has 0 fully saturated rings. The lowest BCUT2D eigenvalue weighted by molar-refractivity contribution is -0.870. The van der Waals surface area contributed by atoms with Gasteiger partial charge in [0.15, 0.2) is 0 Å². The maximum atomic E-state index is 12.8. The molecular formula is C46H91N2O6P. The van der Waals surface area contributed by atoms with E-state index in [0.717, 1.165) is 57.8 Å². The second kappa shape index (κ2) is 38.5. The molecule has 0 aliphatic rings. The number of quaternary nitrogens is 1. The number of rotatable bonds is 42. The summed E-state index contributed by atoms with van der Waals surface area (Å²) in [4.78, 5) is 25.2. The van der Waals surface area contributed by atoms with Gasteiger partial charge in [-0.05, 0) is 38.5 Å². The van der Waals surface area contributed by atoms with Crippen molar-refractivity contribution in [3.63, 3.8) is 0 Å². The first kappa shape index (κ1) is 54.0. The Kier molecular flexibility index (Phi) is 37.8. The Morgan fingerprint density at radius 3 is 1.47 bits per heavy atom. The number of carbonyl (C=O) groups excluding carboxylic acids is 1. The summed E-state index contributed by atoms with van der Waals surface area (Å²) < 4.78 is 23.2. The Hall–Kier alpha value is -1.02. The van der Waals surface area contributed by atoms with Gasteiger partial charge in [-0.3, -0.25) is 9.36 Å². The van der Waals surface area contributed by atoms with E-state index in [2.05, 4.69) is 31.3 Å². The number of nitrogens with zero attached hydrogens (tertiary/aromatic N) is 1. The van der Waals surface area contributed by atoms with Gasteiger partial charge < -0.3 is 28.8 Å². The van der Waals surface area contributed by atoms with Gasteiger partial charge in [0.05, 0.1) is 39.9 Å². The molecule has 0 saturated heterocycles. The van der Waals surface area contributed by atoms with Crippen molar-refractivity contribution in [3.05, 3.63) is 24.3 Å². The molecule has 2 N–H and O–H groups in total. The van der Waals surface area contributed by atoms with E-state index in [1.54, 1.807) is 6.08 Å². The molecule has 0 spiro atoms. The van der Waals surface area contributed by atoms with Gasteiger partial charge in [0, 0.05) is 6.42 Å². The molecule has 0 radical (unpaired) electrons. The van der Waals surface area contributed by atoms with E-state index in [0.29, 0.717) is 17.4 Å². The summed E-state index contributed by atoms with van der Waals surface area (Å²) >= 11 is 0. The topological polar surface area (TPSA) is 108 Å². The van der Waals surface area contributed by atoms with Gasteiger partial charge in [0.25, 0.3) is 7.82 Å². The van der Waals surface area contributed by atoms with Crippen molar-refractivity contribution in [2.75, 3.05) is 40.9 Å². The number of nitrogens with one attached hydrogen (secondary N) is 1. The lowest BCUT2D eigenvalue weighted by atomic mass is 10.0. The van der Waals surface area contributed by atoms with Gasteiger partial charge in [-0.15, -0.1) is 0 Å². The lowest BCUT2D eigenvalue weighted by Crippen LogP contribution is -2.45. The summed E-state index contributed by atoms with van der Waals surface area (Å²) in [5.74, 6) is -0.208. The van der Waals surface area contributed by atoms with Crippen LogP contribution < -0.4 is 10.2 Å². The minimum absolute atomic E-state index is 0.00161. The van der Waals surface area contributed by atoms with E-state index < -0.39 is 20.0 Å². The molecule has 3 unspecified atom stereocenters. The number of likely N-dealkylation sites (N-methyl/N-ethyl adjacent to an activating group) is 1. The number of unbranched alkanes of at least 4 members (excludes halogenated alkanes) is 27. The van der Waals surface area contributed by atoms with Crippen LogP contribution in [0.1, 0.15) is 213 Å². The number of aliphatic hydroxyl groups excluding tert-OH is 1. The molecule has 0 aliphatic heterocycles. The molecule has 0 rings (SSSR count). The molecule has 3 atom stereocenters. The van der Waals surface area contributed by atoms with Crippen molar-refractivity contribution >= 4 is 13.7 Å². The van der Waals surface area contributed by atoms with E-state index in [1.165, 1.54) is 135 Å². The van der Waals surface area contributed by atoms with Gasteiger partial charge in [-0.2, -0.15) is 0 Å². The van der Waals surface area contributed by atoms with Crippen molar-refractivity contribution < 1.29 is 32.9 Å². The first-order chi connectivity index (χ1) is 26.5. The zero-order valence-electron chi connectivity index (χ0n) is 36.9. The largest absolute Gasteiger partial charge is 0.756 e. The maximum absolute atomic E-state index is 12.8. The molecule has 0 aliphatic carbocycles. The third-order valence-corrected chi connectivity index (χ3v) is 11.4. The van der Waals surface area contributed by atoms with Gasteiger partial charge in [0.2, 0.25) is 5.91 Å². The van der Waals surface area contributed by atoms with Gasteiger partial charge >= 0.3 is 0 Å². The highest BCUT2D eigenvalue weighted by molar-refractivity contribution is 7.45. The summed E-state index contributed by atoms with van der Waals surface area (Å²) in [7, 11) is 1.26. The van der Waals surface area contributed by atoms with Crippen LogP contribution in [0, 0.1) is 0 Å². The second-order valence-corrected chi connectivity index (χ2v) is 18.5. The van der Waals surface area contributed by atoms with Crippen LogP contribution in [0.4, 0.5) is 0 Å². The Morgan fingerprint density at radius 1 is 0.618 bits per heavy atom. The van der Waals surface area contributed by atoms with Crippen molar-refractivity contribution in [3.8, 4) is 0 Å². The number of allylic oxidation sites excluding steroid dienone is 3. The molecule has 0 aromatic carbocycles. The summed E-state index contributed by atoms with van der Waals surface area (Å²) in [6.45, 7) is 4.61. The van der Waals surface area contributed by atoms with Crippen molar-refractivity contribution in [1.82, 2.24) is 5.32 Å². The Bertz CT molecular complexity index is 953. The summed E-state index contributed by atoms with van der Waals surface area (Å²) in [5, 5.41) is 13.8. The fourth-order valence-electron chi connectivity index (χ4n) is 6.66. The first-order valence-corrected chi connectivity index (χ1v) is 24.7. The standard InChI is InChI=1S/C46H91N2O6P/c1-6-8-10-12-14-16-18-19-20-21-22-23-24-25-26-27-28-30-31-33-35-37-39-45(49)44(43-54-55(51,52)53-42-41-48(3,4)5)47-46(50)40-38-36-34-32-29-17-15-13-11-9-7-2/h13,15,37,39,44-45,49H,6-12,14,16-36,38,40-43H2,1-5H3,(H-,47,50,51,52)/b15-13-,39-37+. The first-order valence-electron chi connectivity index (χ1n) is 23.2. The van der Waals surface area contributed by atoms with Gasteiger partial charge in [0.1, 0.15) is 13.2 Å². The summed E-state index contributed by atoms with van der Waals surface area (Å²) in [6.07, 6.45) is 45.2. The summed E-state index contributed by atoms with van der Waals surface area (Å²) in [5.41, 5.74) is 0. The third-order valence-electron chi connectivity index (χ3n) is 10.4. The molecule has 0 saturated carbocycles. The highest BCUT2D eigenvalue weighted by Gasteiger charge is 2.23. The molecule has 55 heavy (non-hydrogen) atoms. The molecule has 326 valence electrons. The van der Waals surface area contributed by atoms with E-state index in [-0.39, 0.29) is 19.1 Å². The van der Waals surface area contributed by atoms with Crippen LogP contribution in [-0.4, -0.2) is 68.5 Å². The lowest BCUT2D eigenvalue weighted by Gasteiger charge is -2.29. The molecular weight excluding hydrogens is 707 g/mol. The second-order valence-electron chi connectivity index (χ2n) is 17.1. The number of aliphatic hydroxyl groups is 1. The SMILES string of the molecule is CCCC/C=C\CCCCCCCC(=O)NC(COP(=O)([O-])OCC[N+](C)(C)C)C(O)/C=C/CCCCCCCCCCCCCCCCCCCCCC. The van der Waals surface area contributed by atoms with Crippen LogP contribution in [-0.2, 0) is 18.4 Å². The predicted octanol–water partition coefficient (Wildman–Crippen LogP) is 12.3. The maximum Gasteiger partial charge on any atom is 0.268 e. The Balaban J connectivity index is 4.30. The highest BCUT2D eigenvalue weighted by atomic mass is 31.2. The van der Waals surface area contributed by atoms with E-state index in [9.17, 15) is 19.4 Å². The summed E-state index contributed by atoms with van der Waals surface area (Å²) in [6, 6.07) is -0.887. The Labute approximate surface area is 341 Å². The monoisotopic (exact) mass is 799 g/mol.